The first-order valence-electron chi connectivity index (χ1n) is 4.95. The van der Waals surface area contributed by atoms with Gasteiger partial charge in [-0.05, 0) is 31.0 Å². The molecule has 5 heteroatoms. The number of rotatable bonds is 5. The Labute approximate surface area is 92.9 Å². The van der Waals surface area contributed by atoms with Crippen LogP contribution in [0.5, 0.6) is 11.5 Å². The van der Waals surface area contributed by atoms with Gasteiger partial charge in [-0.2, -0.15) is 0 Å². The fourth-order valence-corrected chi connectivity index (χ4v) is 1.11. The third-order valence-corrected chi connectivity index (χ3v) is 2.00. The number of carbonyl (C=O) groups excluding carboxylic acids is 1. The van der Waals surface area contributed by atoms with Gasteiger partial charge in [0.25, 0.3) is 0 Å². The summed E-state index contributed by atoms with van der Waals surface area (Å²) in [5.41, 5.74) is 0.180. The maximum atomic E-state index is 11.4. The van der Waals surface area contributed by atoms with E-state index in [0.29, 0.717) is 12.8 Å². The van der Waals surface area contributed by atoms with E-state index in [9.17, 15) is 4.79 Å². The lowest BCUT2D eigenvalue weighted by Crippen LogP contribution is -2.06. The molecule has 88 valence electrons. The topological polar surface area (TPSA) is 87.0 Å². The van der Waals surface area contributed by atoms with Gasteiger partial charge in [0.15, 0.2) is 11.5 Å². The van der Waals surface area contributed by atoms with E-state index in [1.165, 1.54) is 12.1 Å². The average molecular weight is 226 g/mol. The molecule has 0 fully saturated rings. The smallest absolute Gasteiger partial charge is 0.338 e. The van der Waals surface area contributed by atoms with Crippen molar-refractivity contribution in [2.75, 3.05) is 13.2 Å². The summed E-state index contributed by atoms with van der Waals surface area (Å²) < 4.78 is 4.88. The molecule has 0 saturated heterocycles. The van der Waals surface area contributed by atoms with E-state index in [-0.39, 0.29) is 30.3 Å². The number of unbranched alkanes of at least 4 members (excludes halogenated alkanes) is 1. The maximum Gasteiger partial charge on any atom is 0.338 e. The predicted molar refractivity (Wildman–Crippen MR) is 56.4 cm³/mol. The number of hydrogen-bond acceptors (Lipinski definition) is 5. The van der Waals surface area contributed by atoms with Crippen LogP contribution >= 0.6 is 0 Å². The molecule has 0 aliphatic heterocycles. The molecule has 0 heterocycles. The van der Waals surface area contributed by atoms with Gasteiger partial charge >= 0.3 is 5.97 Å². The van der Waals surface area contributed by atoms with Crippen LogP contribution in [-0.2, 0) is 4.74 Å². The highest BCUT2D eigenvalue weighted by molar-refractivity contribution is 5.90. The van der Waals surface area contributed by atoms with Gasteiger partial charge in [0.05, 0.1) is 12.2 Å². The summed E-state index contributed by atoms with van der Waals surface area (Å²) in [7, 11) is 0. The number of carbonyl (C=O) groups is 1. The van der Waals surface area contributed by atoms with Gasteiger partial charge in [0.1, 0.15) is 0 Å². The minimum Gasteiger partial charge on any atom is -0.504 e. The van der Waals surface area contributed by atoms with E-state index in [4.69, 9.17) is 20.1 Å². The molecule has 0 bridgehead atoms. The minimum absolute atomic E-state index is 0.0670. The standard InChI is InChI=1S/C11H14O5/c12-5-1-2-6-16-11(15)8-3-4-9(13)10(14)7-8/h3-4,7,12-14H,1-2,5-6H2. The van der Waals surface area contributed by atoms with E-state index in [1.54, 1.807) is 0 Å². The summed E-state index contributed by atoms with van der Waals surface area (Å²) in [5, 5.41) is 26.7. The Kier molecular flexibility index (Phi) is 4.60. The average Bonchev–Trinajstić information content (AvgIpc) is 2.28. The van der Waals surface area contributed by atoms with Crippen LogP contribution in [0.25, 0.3) is 0 Å². The van der Waals surface area contributed by atoms with Crippen LogP contribution in [0.2, 0.25) is 0 Å². The molecule has 0 amide bonds. The van der Waals surface area contributed by atoms with Crippen molar-refractivity contribution in [3.8, 4) is 11.5 Å². The maximum absolute atomic E-state index is 11.4. The summed E-state index contributed by atoms with van der Waals surface area (Å²) in [6.07, 6.45) is 1.17. The van der Waals surface area contributed by atoms with Crippen LogP contribution in [0.3, 0.4) is 0 Å². The van der Waals surface area contributed by atoms with Gasteiger partial charge in [-0.3, -0.25) is 0 Å². The fourth-order valence-electron chi connectivity index (χ4n) is 1.11. The summed E-state index contributed by atoms with van der Waals surface area (Å²) in [4.78, 5) is 11.4. The zero-order chi connectivity index (χ0) is 12.0. The zero-order valence-corrected chi connectivity index (χ0v) is 8.72. The normalized spacial score (nSPS) is 10.1. The molecule has 1 rings (SSSR count). The quantitative estimate of drug-likeness (QED) is 0.396. The van der Waals surface area contributed by atoms with Gasteiger partial charge in [0, 0.05) is 6.61 Å². The number of phenolic OH excluding ortho intramolecular Hbond substituents is 2. The predicted octanol–water partition coefficient (Wildman–Crippen LogP) is 1.03. The molecule has 16 heavy (non-hydrogen) atoms. The van der Waals surface area contributed by atoms with E-state index >= 15 is 0 Å². The molecule has 0 saturated carbocycles. The molecule has 1 aromatic rings. The van der Waals surface area contributed by atoms with Crippen molar-refractivity contribution in [3.63, 3.8) is 0 Å². The molecule has 0 aromatic heterocycles. The summed E-state index contributed by atoms with van der Waals surface area (Å²) in [5.74, 6) is -1.20. The Morgan fingerprint density at radius 3 is 2.56 bits per heavy atom. The number of esters is 1. The van der Waals surface area contributed by atoms with Crippen LogP contribution in [0.15, 0.2) is 18.2 Å². The number of aromatic hydroxyl groups is 2. The van der Waals surface area contributed by atoms with Gasteiger partial charge in [-0.1, -0.05) is 0 Å². The van der Waals surface area contributed by atoms with E-state index in [1.807, 2.05) is 0 Å². The molecule has 5 nitrogen and oxygen atoms in total. The van der Waals surface area contributed by atoms with Crippen molar-refractivity contribution in [1.82, 2.24) is 0 Å². The van der Waals surface area contributed by atoms with E-state index < -0.39 is 5.97 Å². The van der Waals surface area contributed by atoms with Crippen molar-refractivity contribution in [2.24, 2.45) is 0 Å². The lowest BCUT2D eigenvalue weighted by Gasteiger charge is -2.05. The SMILES string of the molecule is O=C(OCCCCO)c1ccc(O)c(O)c1. The number of ether oxygens (including phenoxy) is 1. The van der Waals surface area contributed by atoms with E-state index in [2.05, 4.69) is 0 Å². The Morgan fingerprint density at radius 2 is 1.94 bits per heavy atom. The second kappa shape index (κ2) is 5.97. The first-order valence-corrected chi connectivity index (χ1v) is 4.95. The number of hydrogen-bond donors (Lipinski definition) is 3. The van der Waals surface area contributed by atoms with Gasteiger partial charge < -0.3 is 20.1 Å². The third-order valence-electron chi connectivity index (χ3n) is 2.00. The van der Waals surface area contributed by atoms with Crippen LogP contribution in [0.4, 0.5) is 0 Å². The number of aliphatic hydroxyl groups is 1. The molecule has 0 atom stereocenters. The van der Waals surface area contributed by atoms with Gasteiger partial charge in [0.2, 0.25) is 0 Å². The third kappa shape index (κ3) is 3.43. The Morgan fingerprint density at radius 1 is 1.19 bits per heavy atom. The van der Waals surface area contributed by atoms with Crippen molar-refractivity contribution in [1.29, 1.82) is 0 Å². The second-order valence-electron chi connectivity index (χ2n) is 3.27. The summed E-state index contributed by atoms with van der Waals surface area (Å²) in [6.45, 7) is 0.290. The van der Waals surface area contributed by atoms with Crippen LogP contribution in [0.1, 0.15) is 23.2 Å². The highest BCUT2D eigenvalue weighted by atomic mass is 16.5. The van der Waals surface area contributed by atoms with E-state index in [0.717, 1.165) is 6.07 Å². The first-order chi connectivity index (χ1) is 7.65. The van der Waals surface area contributed by atoms with Crippen molar-refractivity contribution in [2.45, 2.75) is 12.8 Å². The molecule has 0 aliphatic carbocycles. The van der Waals surface area contributed by atoms with Crippen molar-refractivity contribution < 1.29 is 24.9 Å². The molecular weight excluding hydrogens is 212 g/mol. The number of benzene rings is 1. The Hall–Kier alpha value is -1.75. The first kappa shape index (κ1) is 12.3. The van der Waals surface area contributed by atoms with Crippen molar-refractivity contribution >= 4 is 5.97 Å². The van der Waals surface area contributed by atoms with Gasteiger partial charge in [-0.25, -0.2) is 4.79 Å². The molecule has 1 aromatic carbocycles. The zero-order valence-electron chi connectivity index (χ0n) is 8.72. The molecule has 3 N–H and O–H groups in total. The molecular formula is C11H14O5. The highest BCUT2D eigenvalue weighted by Crippen LogP contribution is 2.25. The van der Waals surface area contributed by atoms with Crippen LogP contribution in [0, 0.1) is 0 Å². The lowest BCUT2D eigenvalue weighted by atomic mass is 10.2. The van der Waals surface area contributed by atoms with Crippen LogP contribution in [-0.4, -0.2) is 34.5 Å². The number of phenols is 2. The van der Waals surface area contributed by atoms with Crippen LogP contribution < -0.4 is 0 Å². The van der Waals surface area contributed by atoms with Gasteiger partial charge in [-0.15, -0.1) is 0 Å². The Bertz CT molecular complexity index is 361. The number of aliphatic hydroxyl groups excluding tert-OH is 1. The molecule has 0 aliphatic rings. The monoisotopic (exact) mass is 226 g/mol. The lowest BCUT2D eigenvalue weighted by molar-refractivity contribution is 0.0492. The minimum atomic E-state index is -0.562. The fraction of sp³-hybridized carbons (Fsp3) is 0.364. The largest absolute Gasteiger partial charge is 0.504 e. The highest BCUT2D eigenvalue weighted by Gasteiger charge is 2.09. The Balaban J connectivity index is 2.50. The second-order valence-corrected chi connectivity index (χ2v) is 3.27. The van der Waals surface area contributed by atoms with Crippen molar-refractivity contribution in [3.05, 3.63) is 23.8 Å². The summed E-state index contributed by atoms with van der Waals surface area (Å²) >= 11 is 0. The molecule has 0 unspecified atom stereocenters. The summed E-state index contributed by atoms with van der Waals surface area (Å²) in [6, 6.07) is 3.73. The molecule has 0 radical (unpaired) electrons. The molecule has 0 spiro atoms.